The fraction of sp³-hybridized carbons (Fsp3) is 0.304. The van der Waals surface area contributed by atoms with Gasteiger partial charge in [-0.05, 0) is 78.3 Å². The molecule has 0 unspecified atom stereocenters. The molecule has 62 heavy (non-hydrogen) atoms. The Kier molecular flexibility index (Phi) is 9.64. The first-order chi connectivity index (χ1) is 30.4. The Bertz CT molecular complexity index is 2900. The molecule has 8 heterocycles. The van der Waals surface area contributed by atoms with Crippen LogP contribution in [0.3, 0.4) is 0 Å². The van der Waals surface area contributed by atoms with Gasteiger partial charge in [0.2, 0.25) is 23.5 Å². The first kappa shape index (κ1) is 38.2. The van der Waals surface area contributed by atoms with Gasteiger partial charge in [-0.1, -0.05) is 42.5 Å². The predicted octanol–water partition coefficient (Wildman–Crippen LogP) is 7.98. The molecule has 0 radical (unpaired) electrons. The molecule has 2 aliphatic carbocycles. The second-order valence-electron chi connectivity index (χ2n) is 16.0. The SMILES string of the molecule is Nc1nc(-c2cccc(C3=CCC4(CC3)OCCO4)c2)cc2nc(-c3ccco3)nn12.Nc1nc(-c2cccc(C3CCC4(CC3)OCCO4)c2)cc2nc(-c3ccco3)nn12. The number of ether oxygens (including phenoxy) is 4. The Morgan fingerprint density at radius 2 is 1.11 bits per heavy atom. The van der Waals surface area contributed by atoms with E-state index >= 15 is 0 Å². The second kappa shape index (κ2) is 15.6. The predicted molar refractivity (Wildman–Crippen MR) is 229 cm³/mol. The van der Waals surface area contributed by atoms with E-state index in [2.05, 4.69) is 72.6 Å². The second-order valence-corrected chi connectivity index (χ2v) is 16.0. The number of anilines is 2. The standard InChI is InChI=1S/C23H23N5O3.C23H21N5O3/c2*24-22-25-18(14-20-26-21(27-28(20)22)19-5-2-10-29-19)17-4-1-3-16(13-17)15-6-8-23(9-7-15)30-11-12-31-23/h1-5,10,13-15H,6-9,11-12H2,(H2,24,25);1-6,10,13-14H,7-9,11-12H2,(H2,24,25). The number of fused-ring (bicyclic) bond motifs is 2. The van der Waals surface area contributed by atoms with Gasteiger partial charge in [-0.3, -0.25) is 0 Å². The molecular weight excluding hydrogens is 789 g/mol. The quantitative estimate of drug-likeness (QED) is 0.163. The Morgan fingerprint density at radius 3 is 1.66 bits per heavy atom. The number of hydrogen-bond acceptors (Lipinski definition) is 14. The van der Waals surface area contributed by atoms with E-state index in [1.165, 1.54) is 25.7 Å². The van der Waals surface area contributed by atoms with E-state index in [9.17, 15) is 0 Å². The van der Waals surface area contributed by atoms with Gasteiger partial charge in [0.1, 0.15) is 0 Å². The summed E-state index contributed by atoms with van der Waals surface area (Å²) in [5.41, 5.74) is 20.9. The third-order valence-electron chi connectivity index (χ3n) is 12.2. The molecular formula is C46H44N10O6. The van der Waals surface area contributed by atoms with Crippen LogP contribution in [0.4, 0.5) is 11.9 Å². The molecule has 2 saturated heterocycles. The Morgan fingerprint density at radius 1 is 0.565 bits per heavy atom. The molecule has 2 spiro atoms. The van der Waals surface area contributed by atoms with Gasteiger partial charge in [-0.15, -0.1) is 10.2 Å². The van der Waals surface area contributed by atoms with Crippen molar-refractivity contribution in [3.05, 3.63) is 115 Å². The van der Waals surface area contributed by atoms with Gasteiger partial charge in [-0.2, -0.15) is 9.03 Å². The molecule has 314 valence electrons. The molecule has 6 aromatic heterocycles. The molecule has 1 saturated carbocycles. The van der Waals surface area contributed by atoms with E-state index in [0.717, 1.165) is 67.5 Å². The summed E-state index contributed by atoms with van der Waals surface area (Å²) in [5.74, 6) is 2.43. The molecule has 4 N–H and O–H groups in total. The van der Waals surface area contributed by atoms with Crippen molar-refractivity contribution in [2.45, 2.75) is 62.4 Å². The van der Waals surface area contributed by atoms with Gasteiger partial charge in [0.15, 0.2) is 34.4 Å². The van der Waals surface area contributed by atoms with Crippen LogP contribution in [0.5, 0.6) is 0 Å². The third-order valence-corrected chi connectivity index (χ3v) is 12.2. The Balaban J connectivity index is 0.000000139. The van der Waals surface area contributed by atoms with Crippen molar-refractivity contribution in [2.24, 2.45) is 0 Å². The van der Waals surface area contributed by atoms with Gasteiger partial charge in [-0.25, -0.2) is 19.9 Å². The van der Waals surface area contributed by atoms with Crippen molar-refractivity contribution in [2.75, 3.05) is 37.9 Å². The number of nitrogens with two attached hydrogens (primary N) is 2. The molecule has 4 aliphatic rings. The number of nitrogens with zero attached hydrogens (tertiary/aromatic N) is 8. The van der Waals surface area contributed by atoms with Crippen LogP contribution in [0.2, 0.25) is 0 Å². The normalized spacial score (nSPS) is 18.4. The number of aromatic nitrogens is 8. The van der Waals surface area contributed by atoms with Crippen LogP contribution < -0.4 is 11.5 Å². The molecule has 8 aromatic rings. The minimum absolute atomic E-state index is 0.276. The Hall–Kier alpha value is -6.72. The largest absolute Gasteiger partial charge is 0.461 e. The smallest absolute Gasteiger partial charge is 0.223 e. The highest BCUT2D eigenvalue weighted by Gasteiger charge is 2.41. The highest BCUT2D eigenvalue weighted by Crippen LogP contribution is 2.43. The number of furan rings is 2. The zero-order valence-corrected chi connectivity index (χ0v) is 33.9. The topological polar surface area (TPSA) is 201 Å². The molecule has 2 aromatic carbocycles. The number of nitrogen functional groups attached to an aromatic ring is 2. The highest BCUT2D eigenvalue weighted by molar-refractivity contribution is 5.74. The average molecular weight is 833 g/mol. The van der Waals surface area contributed by atoms with Gasteiger partial charge < -0.3 is 39.2 Å². The van der Waals surface area contributed by atoms with E-state index in [4.69, 9.17) is 39.2 Å². The number of rotatable bonds is 6. The van der Waals surface area contributed by atoms with Crippen molar-refractivity contribution in [1.82, 2.24) is 39.2 Å². The first-order valence-electron chi connectivity index (χ1n) is 21.0. The van der Waals surface area contributed by atoms with E-state index < -0.39 is 5.79 Å². The van der Waals surface area contributed by atoms with Crippen molar-refractivity contribution in [1.29, 1.82) is 0 Å². The summed E-state index contributed by atoms with van der Waals surface area (Å²) >= 11 is 0. The van der Waals surface area contributed by atoms with E-state index in [-0.39, 0.29) is 11.7 Å². The van der Waals surface area contributed by atoms with Crippen LogP contribution in [0.25, 0.3) is 62.6 Å². The number of hydrogen-bond donors (Lipinski definition) is 2. The lowest BCUT2D eigenvalue weighted by Crippen LogP contribution is -2.34. The first-order valence-corrected chi connectivity index (χ1v) is 21.0. The molecule has 16 heteroatoms. The lowest BCUT2D eigenvalue weighted by atomic mass is 9.80. The summed E-state index contributed by atoms with van der Waals surface area (Å²) in [6.45, 7) is 2.77. The monoisotopic (exact) mass is 832 g/mol. The fourth-order valence-electron chi connectivity index (χ4n) is 8.98. The fourth-order valence-corrected chi connectivity index (χ4v) is 8.98. The molecule has 2 aliphatic heterocycles. The minimum atomic E-state index is -0.415. The summed E-state index contributed by atoms with van der Waals surface area (Å²) in [7, 11) is 0. The van der Waals surface area contributed by atoms with Gasteiger partial charge in [0.05, 0.1) is 50.3 Å². The summed E-state index contributed by atoms with van der Waals surface area (Å²) in [4.78, 5) is 18.3. The maximum atomic E-state index is 6.20. The van der Waals surface area contributed by atoms with Crippen molar-refractivity contribution in [3.63, 3.8) is 0 Å². The third kappa shape index (κ3) is 7.30. The van der Waals surface area contributed by atoms with Crippen LogP contribution in [-0.2, 0) is 18.9 Å². The lowest BCUT2D eigenvalue weighted by molar-refractivity contribution is -0.178. The van der Waals surface area contributed by atoms with E-state index in [0.29, 0.717) is 72.8 Å². The van der Waals surface area contributed by atoms with Crippen LogP contribution in [0, 0.1) is 0 Å². The number of allylic oxidation sites excluding steroid dienone is 1. The van der Waals surface area contributed by atoms with Gasteiger partial charge in [0.25, 0.3) is 0 Å². The highest BCUT2D eigenvalue weighted by atomic mass is 16.7. The lowest BCUT2D eigenvalue weighted by Gasteiger charge is -2.35. The average Bonchev–Trinajstić information content (AvgIpc) is 4.17. The molecule has 3 fully saturated rings. The molecule has 0 atom stereocenters. The van der Waals surface area contributed by atoms with Crippen LogP contribution in [-0.4, -0.2) is 77.2 Å². The molecule has 0 bridgehead atoms. The van der Waals surface area contributed by atoms with Crippen molar-refractivity contribution < 1.29 is 27.8 Å². The van der Waals surface area contributed by atoms with Crippen molar-refractivity contribution in [3.8, 4) is 45.7 Å². The summed E-state index contributed by atoms with van der Waals surface area (Å²) < 4.78 is 37.3. The summed E-state index contributed by atoms with van der Waals surface area (Å²) in [5, 5.41) is 8.82. The van der Waals surface area contributed by atoms with E-state index in [1.54, 1.807) is 24.7 Å². The summed E-state index contributed by atoms with van der Waals surface area (Å²) in [6.07, 6.45) is 12.0. The number of benzene rings is 2. The maximum absolute atomic E-state index is 6.20. The Labute approximate surface area is 355 Å². The van der Waals surface area contributed by atoms with Gasteiger partial charge >= 0.3 is 0 Å². The summed E-state index contributed by atoms with van der Waals surface area (Å²) in [6, 6.07) is 27.9. The van der Waals surface area contributed by atoms with Crippen LogP contribution in [0.1, 0.15) is 62.0 Å². The molecule has 16 nitrogen and oxygen atoms in total. The zero-order chi connectivity index (χ0) is 41.7. The van der Waals surface area contributed by atoms with E-state index in [1.807, 2.05) is 36.4 Å². The van der Waals surface area contributed by atoms with Crippen LogP contribution >= 0.6 is 0 Å². The molecule has 0 amide bonds. The molecule has 12 rings (SSSR count). The van der Waals surface area contributed by atoms with Gasteiger partial charge in [0, 0.05) is 48.9 Å². The van der Waals surface area contributed by atoms with Crippen molar-refractivity contribution >= 4 is 28.8 Å². The zero-order valence-electron chi connectivity index (χ0n) is 33.9. The minimum Gasteiger partial charge on any atom is -0.461 e. The van der Waals surface area contributed by atoms with Crippen LogP contribution in [0.15, 0.2) is 112 Å². The maximum Gasteiger partial charge on any atom is 0.223 e.